The number of halogens is 6. The van der Waals surface area contributed by atoms with Crippen molar-refractivity contribution in [1.29, 1.82) is 0 Å². The zero-order chi connectivity index (χ0) is 59.0. The van der Waals surface area contributed by atoms with Crippen LogP contribution in [0.1, 0.15) is 103 Å². The monoisotopic (exact) mass is 1790 g/mol. The highest BCUT2D eigenvalue weighted by Crippen LogP contribution is 2.41. The number of ether oxygens (including phenoxy) is 8. The van der Waals surface area contributed by atoms with Crippen LogP contribution in [0, 0.1) is 21.4 Å². The third-order valence-electron chi connectivity index (χ3n) is 13.2. The summed E-state index contributed by atoms with van der Waals surface area (Å²) in [5.74, 6) is -8.85. The van der Waals surface area contributed by atoms with Crippen molar-refractivity contribution in [2.45, 2.75) is 134 Å². The zero-order valence-corrected chi connectivity index (χ0v) is 57.6. The van der Waals surface area contributed by atoms with Crippen LogP contribution in [-0.4, -0.2) is 195 Å². The molecule has 79 heavy (non-hydrogen) atoms. The summed E-state index contributed by atoms with van der Waals surface area (Å²) in [5, 5.41) is 55.4. The minimum Gasteiger partial charge on any atom is -0.388 e. The normalized spacial score (nSPS) is 26.7. The van der Waals surface area contributed by atoms with Crippen LogP contribution in [0.15, 0.2) is 0 Å². The summed E-state index contributed by atoms with van der Waals surface area (Å²) in [6.45, 7) is 12.1. The van der Waals surface area contributed by atoms with Crippen LogP contribution in [0.3, 0.4) is 0 Å². The lowest BCUT2D eigenvalue weighted by Crippen LogP contribution is -2.48. The van der Waals surface area contributed by atoms with Gasteiger partial charge in [0, 0.05) is 21.2 Å². The Morgan fingerprint density at radius 2 is 0.582 bits per heavy atom. The van der Waals surface area contributed by atoms with Crippen molar-refractivity contribution in [3.8, 4) is 0 Å². The molecule has 4 aliphatic rings. The molecular formula is C49H64I6N6O18. The number of rotatable bonds is 12. The summed E-state index contributed by atoms with van der Waals surface area (Å²) in [5.41, 5.74) is -0.0870. The van der Waals surface area contributed by atoms with Crippen LogP contribution >= 0.6 is 136 Å². The Morgan fingerprint density at radius 1 is 0.392 bits per heavy atom. The topological polar surface area (TPSA) is 312 Å². The van der Waals surface area contributed by atoms with Crippen molar-refractivity contribution < 1.29 is 87.1 Å². The molecule has 8 N–H and O–H groups in total. The summed E-state index contributed by atoms with van der Waals surface area (Å²) in [7, 11) is 2.74. The van der Waals surface area contributed by atoms with E-state index < -0.39 is 114 Å². The quantitative estimate of drug-likeness (QED) is 0.112. The fourth-order valence-corrected chi connectivity index (χ4v) is 17.9. The van der Waals surface area contributed by atoms with Gasteiger partial charge in [0.2, 0.25) is 11.8 Å². The Morgan fingerprint density at radius 3 is 0.785 bits per heavy atom. The van der Waals surface area contributed by atoms with E-state index in [1.165, 1.54) is 14.1 Å². The maximum atomic E-state index is 14.7. The maximum Gasteiger partial charge on any atom is 0.253 e. The number of aliphatic hydroxyl groups is 4. The lowest BCUT2D eigenvalue weighted by atomic mass is 10.0. The highest BCUT2D eigenvalue weighted by Gasteiger charge is 2.41. The fraction of sp³-hybridized carbons (Fsp3) is 0.633. The molecule has 4 fully saturated rings. The number of carbonyl (C=O) groups is 6. The maximum absolute atomic E-state index is 14.7. The summed E-state index contributed by atoms with van der Waals surface area (Å²) < 4.78 is 47.0. The van der Waals surface area contributed by atoms with Gasteiger partial charge in [-0.1, -0.05) is 0 Å². The predicted molar refractivity (Wildman–Crippen MR) is 334 cm³/mol. The van der Waals surface area contributed by atoms with Gasteiger partial charge in [-0.05, 0) is 191 Å². The Labute approximate surface area is 538 Å². The van der Waals surface area contributed by atoms with Crippen molar-refractivity contribution >= 4 is 182 Å². The first-order chi connectivity index (χ1) is 36.6. The van der Waals surface area contributed by atoms with E-state index in [0.29, 0.717) is 0 Å². The second-order valence-corrected chi connectivity index (χ2v) is 27.3. The molecular weight excluding hydrogens is 1720 g/mol. The first-order valence-corrected chi connectivity index (χ1v) is 31.1. The van der Waals surface area contributed by atoms with Gasteiger partial charge in [0.1, 0.15) is 6.42 Å². The number of carbonyl (C=O) groups excluding carboxylic acids is 6. The Balaban J connectivity index is 1.38. The van der Waals surface area contributed by atoms with Gasteiger partial charge in [0.25, 0.3) is 23.6 Å². The van der Waals surface area contributed by atoms with Gasteiger partial charge in [-0.3, -0.25) is 28.8 Å². The van der Waals surface area contributed by atoms with Crippen molar-refractivity contribution in [1.82, 2.24) is 21.3 Å². The molecule has 4 heterocycles. The van der Waals surface area contributed by atoms with E-state index in [-0.39, 0.29) is 108 Å². The van der Waals surface area contributed by atoms with Crippen LogP contribution in [0.2, 0.25) is 0 Å². The van der Waals surface area contributed by atoms with Crippen molar-refractivity contribution in [3.05, 3.63) is 43.7 Å². The van der Waals surface area contributed by atoms with Crippen LogP contribution in [0.4, 0.5) is 11.4 Å². The number of benzene rings is 2. The minimum absolute atomic E-state index is 0.0541. The Hall–Kier alpha value is -0.840. The van der Waals surface area contributed by atoms with Gasteiger partial charge in [0.05, 0.1) is 149 Å². The van der Waals surface area contributed by atoms with Gasteiger partial charge >= 0.3 is 0 Å². The molecule has 6 rings (SSSR count). The summed E-state index contributed by atoms with van der Waals surface area (Å²) in [6.07, 6.45) is -5.62. The fourth-order valence-electron chi connectivity index (χ4n) is 8.20. The number of hydrogen-bond donors (Lipinski definition) is 8. The van der Waals surface area contributed by atoms with Gasteiger partial charge < -0.3 is 89.4 Å². The first kappa shape index (κ1) is 67.3. The van der Waals surface area contributed by atoms with Gasteiger partial charge in [0.15, 0.2) is 23.1 Å². The third kappa shape index (κ3) is 16.4. The molecule has 8 atom stereocenters. The second kappa shape index (κ2) is 27.2. The lowest BCUT2D eigenvalue weighted by Gasteiger charge is -2.29. The van der Waals surface area contributed by atoms with E-state index in [1.54, 1.807) is 55.4 Å². The van der Waals surface area contributed by atoms with Gasteiger partial charge in [-0.25, -0.2) is 0 Å². The molecule has 4 aliphatic heterocycles. The van der Waals surface area contributed by atoms with Gasteiger partial charge in [-0.15, -0.1) is 0 Å². The van der Waals surface area contributed by atoms with E-state index in [0.717, 1.165) is 9.80 Å². The lowest BCUT2D eigenvalue weighted by molar-refractivity contribution is -0.204. The molecule has 30 heteroatoms. The molecule has 4 saturated heterocycles. The molecule has 0 aliphatic carbocycles. The zero-order valence-electron chi connectivity index (χ0n) is 44.6. The Kier molecular flexibility index (Phi) is 23.2. The van der Waals surface area contributed by atoms with E-state index in [2.05, 4.69) is 21.3 Å². The van der Waals surface area contributed by atoms with Crippen molar-refractivity contribution in [2.75, 3.05) is 76.8 Å². The van der Waals surface area contributed by atoms with E-state index in [4.69, 9.17) is 37.9 Å². The summed E-state index contributed by atoms with van der Waals surface area (Å²) in [4.78, 5) is 89.9. The van der Waals surface area contributed by atoms with Crippen LogP contribution < -0.4 is 31.1 Å². The molecule has 0 bridgehead atoms. The molecule has 0 saturated carbocycles. The first-order valence-electron chi connectivity index (χ1n) is 24.6. The largest absolute Gasteiger partial charge is 0.388 e. The smallest absolute Gasteiger partial charge is 0.253 e. The molecule has 2 aromatic carbocycles. The average molecular weight is 1790 g/mol. The second-order valence-electron chi connectivity index (χ2n) is 20.8. The SMILES string of the molecule is CN(C(=O)CC(=O)N(C)c1c(I)c(C(=O)NC2COC(C)(C)OCC2O)c(I)c(C(=O)NC2COC(C)(C)OCC2O)c1I)c1c(I)c(C(=O)NC2COC(C)(C)OCC2O)c(I)c(C(=O)NC2COC(C)(C)OCC2O)c1I. The molecule has 24 nitrogen and oxygen atoms in total. The number of amides is 6. The van der Waals surface area contributed by atoms with E-state index >= 15 is 0 Å². The molecule has 0 spiro atoms. The molecule has 2 aromatic rings. The number of nitrogens with one attached hydrogen (secondary N) is 4. The van der Waals surface area contributed by atoms with Crippen molar-refractivity contribution in [3.63, 3.8) is 0 Å². The summed E-state index contributed by atoms with van der Waals surface area (Å²) >= 11 is 11.3. The molecule has 0 aromatic heterocycles. The standard InChI is InChI=1S/C49H64I6N6O18/c1-46(2)72-12-20(24(62)16-76-46)56-42(68)30-34(50)31(43(69)57-21-13-73-47(3,4)77-17-25(21)63)37(53)40(36(30)52)60(9)28(66)11-29(67)61(10)41-38(54)32(44(70)58-22-14-74-48(5,6)78-18-26(22)64)35(51)33(39(41)55)45(71)59-23-15-75-49(7,8)79-19-27(23)65/h20-27,62-65H,11-19H2,1-10H3,(H,56,68)(H,57,69)(H,58,70)(H,59,71). The van der Waals surface area contributed by atoms with E-state index in [9.17, 15) is 49.2 Å². The van der Waals surface area contributed by atoms with Crippen LogP contribution in [-0.2, 0) is 47.5 Å². The minimum atomic E-state index is -1.20. The number of hydrogen-bond acceptors (Lipinski definition) is 18. The predicted octanol–water partition coefficient (Wildman–Crippen LogP) is 3.30. The molecule has 440 valence electrons. The summed E-state index contributed by atoms with van der Waals surface area (Å²) in [6, 6.07) is -3.89. The Bertz CT molecular complexity index is 2370. The van der Waals surface area contributed by atoms with Crippen LogP contribution in [0.5, 0.6) is 0 Å². The third-order valence-corrected chi connectivity index (χ3v) is 19.5. The van der Waals surface area contributed by atoms with E-state index in [1.807, 2.05) is 136 Å². The average Bonchev–Trinajstić information content (AvgIpc) is 3.71. The highest BCUT2D eigenvalue weighted by atomic mass is 127. The van der Waals surface area contributed by atoms with Gasteiger partial charge in [-0.2, -0.15) is 0 Å². The van der Waals surface area contributed by atoms with Crippen molar-refractivity contribution in [2.24, 2.45) is 0 Å². The highest BCUT2D eigenvalue weighted by molar-refractivity contribution is 14.1. The number of nitrogens with zero attached hydrogens (tertiary/aromatic N) is 2. The van der Waals surface area contributed by atoms with Crippen LogP contribution in [0.25, 0.3) is 0 Å². The molecule has 6 amide bonds. The molecule has 8 unspecified atom stereocenters. The number of aliphatic hydroxyl groups excluding tert-OH is 4. The molecule has 0 radical (unpaired) electrons. The number of anilines is 2.